The number of carbonyl (C=O) groups excluding carboxylic acids is 2. The van der Waals surface area contributed by atoms with Gasteiger partial charge in [-0.2, -0.15) is 0 Å². The topological polar surface area (TPSA) is 73.9 Å². The molecule has 0 aromatic heterocycles. The SMILES string of the molecule is CCOC(=O)C(C)(C)Oc1ccc(CCNC(=O)OC(C)(C)C)cc1. The summed E-state index contributed by atoms with van der Waals surface area (Å²) < 4.78 is 15.9. The highest BCUT2D eigenvalue weighted by molar-refractivity contribution is 5.79. The van der Waals surface area contributed by atoms with Gasteiger partial charge in [-0.25, -0.2) is 9.59 Å². The van der Waals surface area contributed by atoms with Crippen LogP contribution in [0.1, 0.15) is 47.1 Å². The molecule has 0 saturated heterocycles. The molecule has 6 heteroatoms. The summed E-state index contributed by atoms with van der Waals surface area (Å²) in [5, 5.41) is 2.72. The molecule has 0 heterocycles. The van der Waals surface area contributed by atoms with Gasteiger partial charge in [-0.3, -0.25) is 0 Å². The Morgan fingerprint density at radius 1 is 1.04 bits per heavy atom. The minimum absolute atomic E-state index is 0.315. The van der Waals surface area contributed by atoms with E-state index in [1.54, 1.807) is 32.9 Å². The van der Waals surface area contributed by atoms with Crippen LogP contribution in [0.15, 0.2) is 24.3 Å². The highest BCUT2D eigenvalue weighted by Crippen LogP contribution is 2.20. The molecule has 0 aliphatic carbocycles. The van der Waals surface area contributed by atoms with Crippen molar-refractivity contribution >= 4 is 12.1 Å². The largest absolute Gasteiger partial charge is 0.476 e. The Kier molecular flexibility index (Phi) is 7.27. The third-order valence-electron chi connectivity index (χ3n) is 3.15. The maximum absolute atomic E-state index is 11.8. The van der Waals surface area contributed by atoms with Gasteiger partial charge in [0.25, 0.3) is 0 Å². The minimum Gasteiger partial charge on any atom is -0.476 e. The molecule has 1 aromatic carbocycles. The summed E-state index contributed by atoms with van der Waals surface area (Å²) in [4.78, 5) is 23.4. The molecule has 1 N–H and O–H groups in total. The minimum atomic E-state index is -1.05. The number of rotatable bonds is 7. The van der Waals surface area contributed by atoms with E-state index in [1.807, 2.05) is 32.9 Å². The number of carbonyl (C=O) groups is 2. The van der Waals surface area contributed by atoms with Crippen LogP contribution in [0.3, 0.4) is 0 Å². The average Bonchev–Trinajstić information content (AvgIpc) is 2.47. The summed E-state index contributed by atoms with van der Waals surface area (Å²) in [5.41, 5.74) is -0.512. The van der Waals surface area contributed by atoms with Gasteiger partial charge in [0, 0.05) is 6.54 Å². The Morgan fingerprint density at radius 3 is 2.16 bits per heavy atom. The maximum atomic E-state index is 11.8. The molecule has 0 aliphatic heterocycles. The molecule has 140 valence electrons. The van der Waals surface area contributed by atoms with E-state index in [2.05, 4.69) is 5.32 Å². The number of esters is 1. The van der Waals surface area contributed by atoms with Crippen LogP contribution in [0, 0.1) is 0 Å². The molecule has 0 atom stereocenters. The standard InChI is InChI=1S/C19H29NO5/c1-7-23-16(21)19(5,6)24-15-10-8-14(9-11-15)12-13-20-17(22)25-18(2,3)4/h8-11H,7,12-13H2,1-6H3,(H,20,22). The predicted molar refractivity (Wildman–Crippen MR) is 95.7 cm³/mol. The average molecular weight is 351 g/mol. The lowest BCUT2D eigenvalue weighted by Crippen LogP contribution is -2.39. The first-order valence-electron chi connectivity index (χ1n) is 8.45. The van der Waals surface area contributed by atoms with E-state index in [-0.39, 0.29) is 0 Å². The summed E-state index contributed by atoms with van der Waals surface area (Å²) in [6.45, 7) is 11.4. The summed E-state index contributed by atoms with van der Waals surface area (Å²) in [7, 11) is 0. The van der Waals surface area contributed by atoms with Crippen LogP contribution in [-0.2, 0) is 20.7 Å². The monoisotopic (exact) mass is 351 g/mol. The van der Waals surface area contributed by atoms with Crippen LogP contribution in [0.2, 0.25) is 0 Å². The normalized spacial score (nSPS) is 11.6. The molecule has 0 saturated carbocycles. The first-order valence-corrected chi connectivity index (χ1v) is 8.45. The molecule has 1 rings (SSSR count). The fraction of sp³-hybridized carbons (Fsp3) is 0.579. The molecule has 1 aromatic rings. The Labute approximate surface area is 149 Å². The molecule has 0 fully saturated rings. The molecule has 0 unspecified atom stereocenters. The fourth-order valence-corrected chi connectivity index (χ4v) is 1.99. The van der Waals surface area contributed by atoms with Crippen LogP contribution in [0.25, 0.3) is 0 Å². The second kappa shape index (κ2) is 8.74. The Morgan fingerprint density at radius 2 is 1.64 bits per heavy atom. The smallest absolute Gasteiger partial charge is 0.407 e. The van der Waals surface area contributed by atoms with E-state index in [1.165, 1.54) is 0 Å². The zero-order valence-electron chi connectivity index (χ0n) is 16.0. The van der Waals surface area contributed by atoms with Crippen molar-refractivity contribution in [3.63, 3.8) is 0 Å². The van der Waals surface area contributed by atoms with Crippen molar-refractivity contribution in [2.45, 2.75) is 59.2 Å². The lowest BCUT2D eigenvalue weighted by atomic mass is 10.1. The molecule has 1 amide bonds. The van der Waals surface area contributed by atoms with Crippen molar-refractivity contribution in [2.24, 2.45) is 0 Å². The van der Waals surface area contributed by atoms with Crippen molar-refractivity contribution in [3.8, 4) is 5.75 Å². The number of hydrogen-bond donors (Lipinski definition) is 1. The molecular weight excluding hydrogens is 322 g/mol. The molecular formula is C19H29NO5. The number of amides is 1. The molecule has 0 radical (unpaired) electrons. The molecule has 25 heavy (non-hydrogen) atoms. The lowest BCUT2D eigenvalue weighted by molar-refractivity contribution is -0.158. The molecule has 0 aliphatic rings. The van der Waals surface area contributed by atoms with E-state index < -0.39 is 23.3 Å². The highest BCUT2D eigenvalue weighted by atomic mass is 16.6. The van der Waals surface area contributed by atoms with E-state index in [4.69, 9.17) is 14.2 Å². The Bertz CT molecular complexity index is 572. The van der Waals surface area contributed by atoms with E-state index in [0.29, 0.717) is 25.3 Å². The molecule has 6 nitrogen and oxygen atoms in total. The Balaban J connectivity index is 2.49. The van der Waals surface area contributed by atoms with E-state index in [9.17, 15) is 9.59 Å². The van der Waals surface area contributed by atoms with Gasteiger partial charge in [0.2, 0.25) is 0 Å². The van der Waals surface area contributed by atoms with Crippen LogP contribution < -0.4 is 10.1 Å². The zero-order chi connectivity index (χ0) is 19.1. The van der Waals surface area contributed by atoms with Gasteiger partial charge in [-0.1, -0.05) is 12.1 Å². The van der Waals surface area contributed by atoms with Crippen molar-refractivity contribution in [1.82, 2.24) is 5.32 Å². The third-order valence-corrected chi connectivity index (χ3v) is 3.15. The van der Waals surface area contributed by atoms with E-state index >= 15 is 0 Å². The third kappa shape index (κ3) is 7.92. The van der Waals surface area contributed by atoms with Gasteiger partial charge in [0.05, 0.1) is 6.61 Å². The first-order chi connectivity index (χ1) is 11.5. The van der Waals surface area contributed by atoms with Crippen molar-refractivity contribution in [1.29, 1.82) is 0 Å². The maximum Gasteiger partial charge on any atom is 0.407 e. The van der Waals surface area contributed by atoms with Crippen LogP contribution in [0.5, 0.6) is 5.75 Å². The number of ether oxygens (including phenoxy) is 3. The van der Waals surface area contributed by atoms with Gasteiger partial charge in [0.15, 0.2) is 5.60 Å². The number of hydrogen-bond acceptors (Lipinski definition) is 5. The fourth-order valence-electron chi connectivity index (χ4n) is 1.99. The van der Waals surface area contributed by atoms with Crippen molar-refractivity contribution in [3.05, 3.63) is 29.8 Å². The number of nitrogens with one attached hydrogen (secondary N) is 1. The van der Waals surface area contributed by atoms with Gasteiger partial charge in [0.1, 0.15) is 11.4 Å². The lowest BCUT2D eigenvalue weighted by Gasteiger charge is -2.24. The summed E-state index contributed by atoms with van der Waals surface area (Å²) in [6.07, 6.45) is 0.240. The second-order valence-electron chi connectivity index (χ2n) is 7.16. The second-order valence-corrected chi connectivity index (χ2v) is 7.16. The highest BCUT2D eigenvalue weighted by Gasteiger charge is 2.31. The van der Waals surface area contributed by atoms with Crippen LogP contribution >= 0.6 is 0 Å². The van der Waals surface area contributed by atoms with Gasteiger partial charge >= 0.3 is 12.1 Å². The van der Waals surface area contributed by atoms with Crippen LogP contribution in [-0.4, -0.2) is 36.4 Å². The summed E-state index contributed by atoms with van der Waals surface area (Å²) >= 11 is 0. The van der Waals surface area contributed by atoms with E-state index in [0.717, 1.165) is 5.56 Å². The van der Waals surface area contributed by atoms with Crippen LogP contribution in [0.4, 0.5) is 4.79 Å². The summed E-state index contributed by atoms with van der Waals surface area (Å²) in [5.74, 6) is 0.183. The molecule has 0 bridgehead atoms. The quantitative estimate of drug-likeness (QED) is 0.761. The number of benzene rings is 1. The van der Waals surface area contributed by atoms with Gasteiger partial charge in [-0.05, 0) is 65.7 Å². The number of alkyl carbamates (subject to hydrolysis) is 1. The Hall–Kier alpha value is -2.24. The van der Waals surface area contributed by atoms with Crippen molar-refractivity contribution in [2.75, 3.05) is 13.2 Å². The van der Waals surface area contributed by atoms with Crippen molar-refractivity contribution < 1.29 is 23.8 Å². The summed E-state index contributed by atoms with van der Waals surface area (Å²) in [6, 6.07) is 7.38. The first kappa shape index (κ1) is 20.8. The van der Waals surface area contributed by atoms with Gasteiger partial charge < -0.3 is 19.5 Å². The predicted octanol–water partition coefficient (Wildman–Crippen LogP) is 3.47. The zero-order valence-corrected chi connectivity index (χ0v) is 16.0. The molecule has 0 spiro atoms. The van der Waals surface area contributed by atoms with Gasteiger partial charge in [-0.15, -0.1) is 0 Å².